The van der Waals surface area contributed by atoms with Gasteiger partial charge in [-0.15, -0.1) is 0 Å². The molecule has 0 aliphatic rings. The van der Waals surface area contributed by atoms with Gasteiger partial charge in [0, 0.05) is 34.3 Å². The largest absolute Gasteiger partial charge is 0.322 e. The van der Waals surface area contributed by atoms with Gasteiger partial charge in [0.15, 0.2) is 0 Å². The summed E-state index contributed by atoms with van der Waals surface area (Å²) in [7, 11) is -4.40. The van der Waals surface area contributed by atoms with Crippen molar-refractivity contribution >= 4 is 20.9 Å². The van der Waals surface area contributed by atoms with Crippen LogP contribution >= 0.6 is 0 Å². The molecular formula is C18H18N2O3S. The van der Waals surface area contributed by atoms with Gasteiger partial charge in [-0.1, -0.05) is 36.4 Å². The van der Waals surface area contributed by atoms with Crippen LogP contribution in [0.3, 0.4) is 0 Å². The molecule has 0 aliphatic carbocycles. The molecule has 0 aliphatic heterocycles. The van der Waals surface area contributed by atoms with Crippen LogP contribution in [0.5, 0.6) is 0 Å². The molecule has 0 radical (unpaired) electrons. The highest BCUT2D eigenvalue weighted by atomic mass is 32.2. The summed E-state index contributed by atoms with van der Waals surface area (Å²) in [5.74, 6) is 0. The Morgan fingerprint density at radius 1 is 1.04 bits per heavy atom. The van der Waals surface area contributed by atoms with E-state index in [1.54, 1.807) is 36.5 Å². The fraction of sp³-hybridized carbons (Fsp3) is 0.167. The normalized spacial score (nSPS) is 12.5. The number of rotatable bonds is 3. The summed E-state index contributed by atoms with van der Waals surface area (Å²) >= 11 is 0. The maximum atomic E-state index is 12.0. The van der Waals surface area contributed by atoms with E-state index >= 15 is 0 Å². The first-order chi connectivity index (χ1) is 11.2. The first-order valence-corrected chi connectivity index (χ1v) is 8.86. The van der Waals surface area contributed by atoms with Crippen LogP contribution in [0, 0.1) is 0 Å². The van der Waals surface area contributed by atoms with Gasteiger partial charge in [-0.2, -0.15) is 8.42 Å². The predicted molar refractivity (Wildman–Crippen MR) is 94.2 cm³/mol. The Morgan fingerprint density at radius 3 is 2.29 bits per heavy atom. The van der Waals surface area contributed by atoms with Crippen LogP contribution in [-0.4, -0.2) is 18.0 Å². The van der Waals surface area contributed by atoms with Crippen molar-refractivity contribution in [1.29, 1.82) is 0 Å². The number of pyridine rings is 1. The Labute approximate surface area is 140 Å². The van der Waals surface area contributed by atoms with E-state index < -0.39 is 15.7 Å². The topological polar surface area (TPSA) is 93.3 Å². The SMILES string of the molecule is CC(C)(N)c1ccc(-c2ccc3cnccc3c2S(=O)(=O)O)cc1. The Balaban J connectivity index is 2.27. The third-order valence-electron chi connectivity index (χ3n) is 3.97. The van der Waals surface area contributed by atoms with Gasteiger partial charge >= 0.3 is 0 Å². The summed E-state index contributed by atoms with van der Waals surface area (Å²) in [6.07, 6.45) is 3.06. The Hall–Kier alpha value is -2.28. The van der Waals surface area contributed by atoms with Crippen LogP contribution in [0.25, 0.3) is 21.9 Å². The summed E-state index contributed by atoms with van der Waals surface area (Å²) in [6.45, 7) is 3.79. The predicted octanol–water partition coefficient (Wildman–Crippen LogP) is 3.34. The third kappa shape index (κ3) is 3.03. The minimum atomic E-state index is -4.40. The molecule has 0 saturated heterocycles. The number of hydrogen-bond acceptors (Lipinski definition) is 4. The van der Waals surface area contributed by atoms with E-state index in [2.05, 4.69) is 4.98 Å². The first-order valence-electron chi connectivity index (χ1n) is 7.42. The summed E-state index contributed by atoms with van der Waals surface area (Å²) in [5.41, 5.74) is 7.66. The molecule has 0 atom stereocenters. The molecule has 24 heavy (non-hydrogen) atoms. The lowest BCUT2D eigenvalue weighted by molar-refractivity contribution is 0.484. The first kappa shape index (κ1) is 16.6. The second-order valence-corrected chi connectivity index (χ2v) is 7.67. The van der Waals surface area contributed by atoms with E-state index in [4.69, 9.17) is 5.73 Å². The van der Waals surface area contributed by atoms with Gasteiger partial charge in [0.25, 0.3) is 10.1 Å². The molecule has 5 nitrogen and oxygen atoms in total. The zero-order chi connectivity index (χ0) is 17.5. The quantitative estimate of drug-likeness (QED) is 0.712. The van der Waals surface area contributed by atoms with Crippen LogP contribution < -0.4 is 5.73 Å². The summed E-state index contributed by atoms with van der Waals surface area (Å²) < 4.78 is 33.7. The molecule has 1 heterocycles. The van der Waals surface area contributed by atoms with E-state index in [1.807, 2.05) is 26.0 Å². The zero-order valence-corrected chi connectivity index (χ0v) is 14.2. The highest BCUT2D eigenvalue weighted by molar-refractivity contribution is 7.86. The monoisotopic (exact) mass is 342 g/mol. The Kier molecular flexibility index (Phi) is 3.91. The molecule has 0 saturated carbocycles. The van der Waals surface area contributed by atoms with E-state index in [0.717, 1.165) is 5.56 Å². The van der Waals surface area contributed by atoms with Crippen LogP contribution in [0.2, 0.25) is 0 Å². The van der Waals surface area contributed by atoms with E-state index in [9.17, 15) is 13.0 Å². The fourth-order valence-corrected chi connectivity index (χ4v) is 3.65. The standard InChI is InChI=1S/C18H18N2O3S/c1-18(2,19)14-6-3-12(4-7-14)15-8-5-13-11-20-10-9-16(13)17(15)24(21,22)23/h3-11H,19H2,1-2H3,(H,21,22,23). The lowest BCUT2D eigenvalue weighted by atomic mass is 9.93. The lowest BCUT2D eigenvalue weighted by Gasteiger charge is -2.19. The van der Waals surface area contributed by atoms with Crippen LogP contribution in [0.1, 0.15) is 19.4 Å². The van der Waals surface area contributed by atoms with Crippen molar-refractivity contribution in [2.75, 3.05) is 0 Å². The third-order valence-corrected chi connectivity index (χ3v) is 4.92. The van der Waals surface area contributed by atoms with Crippen molar-refractivity contribution in [1.82, 2.24) is 4.98 Å². The lowest BCUT2D eigenvalue weighted by Crippen LogP contribution is -2.28. The average Bonchev–Trinajstić information content (AvgIpc) is 2.52. The van der Waals surface area contributed by atoms with Crippen molar-refractivity contribution in [2.45, 2.75) is 24.3 Å². The molecule has 0 bridgehead atoms. The fourth-order valence-electron chi connectivity index (χ4n) is 2.72. The average molecular weight is 342 g/mol. The van der Waals surface area contributed by atoms with Crippen molar-refractivity contribution < 1.29 is 13.0 Å². The molecule has 124 valence electrons. The van der Waals surface area contributed by atoms with Crippen LogP contribution in [0.4, 0.5) is 0 Å². The highest BCUT2D eigenvalue weighted by Crippen LogP contribution is 2.34. The second kappa shape index (κ2) is 5.66. The van der Waals surface area contributed by atoms with Gasteiger partial charge in [-0.05, 0) is 31.0 Å². The molecule has 3 rings (SSSR count). The van der Waals surface area contributed by atoms with Crippen molar-refractivity contribution in [3.05, 3.63) is 60.4 Å². The van der Waals surface area contributed by atoms with Crippen molar-refractivity contribution in [3.8, 4) is 11.1 Å². The van der Waals surface area contributed by atoms with Gasteiger partial charge in [0.1, 0.15) is 4.90 Å². The minimum absolute atomic E-state index is 0.109. The van der Waals surface area contributed by atoms with Gasteiger partial charge in [-0.25, -0.2) is 0 Å². The molecule has 0 unspecified atom stereocenters. The molecule has 0 spiro atoms. The molecule has 1 aromatic heterocycles. The Morgan fingerprint density at radius 2 is 1.71 bits per heavy atom. The van der Waals surface area contributed by atoms with Gasteiger partial charge < -0.3 is 5.73 Å². The molecular weight excluding hydrogens is 324 g/mol. The van der Waals surface area contributed by atoms with Crippen molar-refractivity contribution in [3.63, 3.8) is 0 Å². The van der Waals surface area contributed by atoms with Crippen molar-refractivity contribution in [2.24, 2.45) is 5.73 Å². The summed E-state index contributed by atoms with van der Waals surface area (Å²) in [5, 5.41) is 1.09. The molecule has 6 heteroatoms. The van der Waals surface area contributed by atoms with Gasteiger partial charge in [0.05, 0.1) is 0 Å². The zero-order valence-electron chi connectivity index (χ0n) is 13.4. The van der Waals surface area contributed by atoms with E-state index in [1.165, 1.54) is 6.20 Å². The van der Waals surface area contributed by atoms with Crippen LogP contribution in [0.15, 0.2) is 59.8 Å². The van der Waals surface area contributed by atoms with Gasteiger partial charge in [0.2, 0.25) is 0 Å². The number of nitrogens with zero attached hydrogens (tertiary/aromatic N) is 1. The molecule has 0 fully saturated rings. The molecule has 2 aromatic carbocycles. The minimum Gasteiger partial charge on any atom is -0.322 e. The maximum Gasteiger partial charge on any atom is 0.295 e. The van der Waals surface area contributed by atoms with E-state index in [-0.39, 0.29) is 4.90 Å². The van der Waals surface area contributed by atoms with Gasteiger partial charge in [-0.3, -0.25) is 9.54 Å². The number of aromatic nitrogens is 1. The molecule has 3 N–H and O–H groups in total. The number of hydrogen-bond donors (Lipinski definition) is 2. The Bertz CT molecular complexity index is 1000. The number of nitrogens with two attached hydrogens (primary N) is 1. The summed E-state index contributed by atoms with van der Waals surface area (Å²) in [6, 6.07) is 12.4. The number of fused-ring (bicyclic) bond motifs is 1. The molecule has 3 aromatic rings. The number of benzene rings is 2. The van der Waals surface area contributed by atoms with E-state index in [0.29, 0.717) is 21.9 Å². The molecule has 0 amide bonds. The highest BCUT2D eigenvalue weighted by Gasteiger charge is 2.21. The van der Waals surface area contributed by atoms with Crippen LogP contribution in [-0.2, 0) is 15.7 Å². The maximum absolute atomic E-state index is 12.0. The summed E-state index contributed by atoms with van der Waals surface area (Å²) in [4.78, 5) is 3.88. The second-order valence-electron chi connectivity index (χ2n) is 6.31. The smallest absolute Gasteiger partial charge is 0.295 e.